The summed E-state index contributed by atoms with van der Waals surface area (Å²) < 4.78 is 4.98. The van der Waals surface area contributed by atoms with E-state index in [1.54, 1.807) is 27.9 Å². The van der Waals surface area contributed by atoms with E-state index in [-0.39, 0.29) is 0 Å². The summed E-state index contributed by atoms with van der Waals surface area (Å²) in [6.45, 7) is 3.80. The summed E-state index contributed by atoms with van der Waals surface area (Å²) in [7, 11) is 3.08. The first-order valence-electron chi connectivity index (χ1n) is 3.87. The summed E-state index contributed by atoms with van der Waals surface area (Å²) in [5, 5.41) is 0. The minimum absolute atomic E-state index is 0.438. The molecule has 0 saturated carbocycles. The number of ether oxygens (including phenoxy) is 1. The monoisotopic (exact) mass is 173 g/mol. The third-order valence-corrected chi connectivity index (χ3v) is 1.40. The van der Waals surface area contributed by atoms with Gasteiger partial charge in [0.2, 0.25) is 5.78 Å². The first-order chi connectivity index (χ1) is 5.50. The van der Waals surface area contributed by atoms with E-state index in [0.717, 1.165) is 0 Å². The van der Waals surface area contributed by atoms with Gasteiger partial charge in [-0.25, -0.2) is 0 Å². The van der Waals surface area contributed by atoms with E-state index in [4.69, 9.17) is 4.74 Å². The number of rotatable bonds is 4. The lowest BCUT2D eigenvalue weighted by Crippen LogP contribution is -2.37. The van der Waals surface area contributed by atoms with E-state index in [1.807, 2.05) is 0 Å². The van der Waals surface area contributed by atoms with Crippen molar-refractivity contribution in [3.8, 4) is 0 Å². The lowest BCUT2D eigenvalue weighted by atomic mass is 10.2. The molecule has 0 saturated heterocycles. The molecule has 0 rings (SSSR count). The Balaban J connectivity index is 4.10. The van der Waals surface area contributed by atoms with Crippen LogP contribution in [0.25, 0.3) is 0 Å². The second kappa shape index (κ2) is 4.87. The van der Waals surface area contributed by atoms with Gasteiger partial charge in [0, 0.05) is 20.7 Å². The van der Waals surface area contributed by atoms with Crippen molar-refractivity contribution in [1.29, 1.82) is 0 Å². The standard InChI is InChI=1S/C8H15NO3/c1-5-12-6(2)7(10)8(11)9(3)4/h6H,5H2,1-4H3. The van der Waals surface area contributed by atoms with Crippen LogP contribution in [0.3, 0.4) is 0 Å². The molecule has 0 aromatic heterocycles. The number of nitrogens with zero attached hydrogens (tertiary/aromatic N) is 1. The highest BCUT2D eigenvalue weighted by Gasteiger charge is 2.22. The zero-order chi connectivity index (χ0) is 9.72. The fourth-order valence-electron chi connectivity index (χ4n) is 0.720. The lowest BCUT2D eigenvalue weighted by molar-refractivity contribution is -0.148. The van der Waals surface area contributed by atoms with Crippen molar-refractivity contribution in [2.24, 2.45) is 0 Å². The molecule has 0 radical (unpaired) electrons. The quantitative estimate of drug-likeness (QED) is 0.565. The Morgan fingerprint density at radius 3 is 2.25 bits per heavy atom. The van der Waals surface area contributed by atoms with Gasteiger partial charge in [-0.3, -0.25) is 9.59 Å². The van der Waals surface area contributed by atoms with Crippen molar-refractivity contribution in [2.75, 3.05) is 20.7 Å². The zero-order valence-electron chi connectivity index (χ0n) is 7.96. The number of hydrogen-bond acceptors (Lipinski definition) is 3. The Kier molecular flexibility index (Phi) is 4.51. The molecular formula is C8H15NO3. The molecule has 0 aromatic rings. The highest BCUT2D eigenvalue weighted by molar-refractivity contribution is 6.37. The third kappa shape index (κ3) is 3.00. The summed E-state index contributed by atoms with van der Waals surface area (Å²) in [5.41, 5.74) is 0. The Labute approximate surface area is 72.5 Å². The van der Waals surface area contributed by atoms with Gasteiger partial charge in [0.25, 0.3) is 5.91 Å². The SMILES string of the molecule is CCOC(C)C(=O)C(=O)N(C)C. The molecule has 0 spiro atoms. The second-order valence-electron chi connectivity index (χ2n) is 2.66. The Morgan fingerprint density at radius 1 is 1.42 bits per heavy atom. The molecule has 70 valence electrons. The predicted molar refractivity (Wildman–Crippen MR) is 44.8 cm³/mol. The molecule has 4 nitrogen and oxygen atoms in total. The number of hydrogen-bond donors (Lipinski definition) is 0. The fraction of sp³-hybridized carbons (Fsp3) is 0.750. The van der Waals surface area contributed by atoms with Crippen molar-refractivity contribution >= 4 is 11.7 Å². The number of likely N-dealkylation sites (N-methyl/N-ethyl adjacent to an activating group) is 1. The third-order valence-electron chi connectivity index (χ3n) is 1.40. The van der Waals surface area contributed by atoms with Crippen molar-refractivity contribution in [3.63, 3.8) is 0 Å². The maximum absolute atomic E-state index is 11.2. The van der Waals surface area contributed by atoms with Crippen molar-refractivity contribution in [2.45, 2.75) is 20.0 Å². The number of carbonyl (C=O) groups is 2. The van der Waals surface area contributed by atoms with Crippen LogP contribution in [-0.4, -0.2) is 43.4 Å². The molecule has 0 aromatic carbocycles. The van der Waals surface area contributed by atoms with Crippen LogP contribution in [-0.2, 0) is 14.3 Å². The number of carbonyl (C=O) groups excluding carboxylic acids is 2. The van der Waals surface area contributed by atoms with Gasteiger partial charge in [-0.05, 0) is 13.8 Å². The van der Waals surface area contributed by atoms with Crippen LogP contribution in [0.15, 0.2) is 0 Å². The molecule has 0 fully saturated rings. The number of ketones is 1. The molecule has 1 amide bonds. The lowest BCUT2D eigenvalue weighted by Gasteiger charge is -2.13. The molecule has 0 N–H and O–H groups in total. The minimum Gasteiger partial charge on any atom is -0.370 e. The van der Waals surface area contributed by atoms with Gasteiger partial charge in [-0.15, -0.1) is 0 Å². The van der Waals surface area contributed by atoms with Gasteiger partial charge in [0.1, 0.15) is 6.10 Å². The van der Waals surface area contributed by atoms with Gasteiger partial charge in [-0.2, -0.15) is 0 Å². The Morgan fingerprint density at radius 2 is 1.92 bits per heavy atom. The predicted octanol–water partition coefficient (Wildman–Crippen LogP) is 0.0687. The smallest absolute Gasteiger partial charge is 0.292 e. The number of amides is 1. The van der Waals surface area contributed by atoms with Gasteiger partial charge < -0.3 is 9.64 Å². The van der Waals surface area contributed by atoms with Crippen molar-refractivity contribution in [3.05, 3.63) is 0 Å². The molecule has 1 unspecified atom stereocenters. The molecule has 0 aliphatic rings. The van der Waals surface area contributed by atoms with Crippen LogP contribution >= 0.6 is 0 Å². The topological polar surface area (TPSA) is 46.6 Å². The summed E-state index contributed by atoms with van der Waals surface area (Å²) in [6.07, 6.45) is -0.634. The zero-order valence-corrected chi connectivity index (χ0v) is 7.96. The molecule has 0 aliphatic heterocycles. The van der Waals surface area contributed by atoms with E-state index < -0.39 is 17.8 Å². The summed E-state index contributed by atoms with van der Waals surface area (Å²) in [6, 6.07) is 0. The first-order valence-corrected chi connectivity index (χ1v) is 3.87. The van der Waals surface area contributed by atoms with Gasteiger partial charge in [-0.1, -0.05) is 0 Å². The van der Waals surface area contributed by atoms with Crippen molar-refractivity contribution in [1.82, 2.24) is 4.90 Å². The summed E-state index contributed by atoms with van der Waals surface area (Å²) in [5.74, 6) is -1.02. The molecule has 0 bridgehead atoms. The van der Waals surface area contributed by atoms with Crippen LogP contribution in [0.1, 0.15) is 13.8 Å². The molecule has 4 heteroatoms. The van der Waals surface area contributed by atoms with Gasteiger partial charge in [0.15, 0.2) is 0 Å². The molecule has 1 atom stereocenters. The first kappa shape index (κ1) is 11.1. The molecule has 0 heterocycles. The van der Waals surface area contributed by atoms with E-state index in [2.05, 4.69) is 0 Å². The largest absolute Gasteiger partial charge is 0.370 e. The van der Waals surface area contributed by atoms with Crippen LogP contribution in [0.4, 0.5) is 0 Å². The number of Topliss-reactive ketones (excluding diaryl/α,β-unsaturated/α-hetero) is 1. The average molecular weight is 173 g/mol. The second-order valence-corrected chi connectivity index (χ2v) is 2.66. The Bertz CT molecular complexity index is 177. The average Bonchev–Trinajstić information content (AvgIpc) is 2.02. The highest BCUT2D eigenvalue weighted by Crippen LogP contribution is 1.95. The molecule has 0 aliphatic carbocycles. The fourth-order valence-corrected chi connectivity index (χ4v) is 0.720. The van der Waals surface area contributed by atoms with E-state index >= 15 is 0 Å². The van der Waals surface area contributed by atoms with Crippen molar-refractivity contribution < 1.29 is 14.3 Å². The maximum Gasteiger partial charge on any atom is 0.292 e. The van der Waals surface area contributed by atoms with Gasteiger partial charge in [0.05, 0.1) is 0 Å². The van der Waals surface area contributed by atoms with Gasteiger partial charge >= 0.3 is 0 Å². The van der Waals surface area contributed by atoms with Crippen LogP contribution in [0.5, 0.6) is 0 Å². The molecular weight excluding hydrogens is 158 g/mol. The highest BCUT2D eigenvalue weighted by atomic mass is 16.5. The van der Waals surface area contributed by atoms with E-state index in [1.165, 1.54) is 4.90 Å². The van der Waals surface area contributed by atoms with E-state index in [0.29, 0.717) is 6.61 Å². The van der Waals surface area contributed by atoms with E-state index in [9.17, 15) is 9.59 Å². The van der Waals surface area contributed by atoms with Crippen LogP contribution < -0.4 is 0 Å². The summed E-state index contributed by atoms with van der Waals surface area (Å²) in [4.78, 5) is 23.5. The normalized spacial score (nSPS) is 12.3. The van der Waals surface area contributed by atoms with Crippen LogP contribution in [0, 0.1) is 0 Å². The maximum atomic E-state index is 11.2. The minimum atomic E-state index is -0.634. The van der Waals surface area contributed by atoms with Crippen LogP contribution in [0.2, 0.25) is 0 Å². The Hall–Kier alpha value is -0.900. The molecule has 12 heavy (non-hydrogen) atoms. The summed E-state index contributed by atoms with van der Waals surface area (Å²) >= 11 is 0.